The Morgan fingerprint density at radius 1 is 1.28 bits per heavy atom. The van der Waals surface area contributed by atoms with Gasteiger partial charge >= 0.3 is 0 Å². The van der Waals surface area contributed by atoms with Gasteiger partial charge in [0.25, 0.3) is 0 Å². The third-order valence-electron chi connectivity index (χ3n) is 2.63. The molecule has 5 heteroatoms. The van der Waals surface area contributed by atoms with Crippen LogP contribution in [0.2, 0.25) is 0 Å². The molecule has 0 heterocycles. The number of benzene rings is 1. The van der Waals surface area contributed by atoms with Crippen molar-refractivity contribution in [1.29, 1.82) is 0 Å². The van der Waals surface area contributed by atoms with Crippen molar-refractivity contribution in [3.05, 3.63) is 35.9 Å². The van der Waals surface area contributed by atoms with E-state index in [9.17, 15) is 8.42 Å². The van der Waals surface area contributed by atoms with Crippen LogP contribution in [0.4, 0.5) is 0 Å². The first-order chi connectivity index (χ1) is 8.53. The molecular weight excluding hydrogens is 270 g/mol. The molecular formula is C13H20ClNO2S. The first-order valence-electron chi connectivity index (χ1n) is 6.19. The summed E-state index contributed by atoms with van der Waals surface area (Å²) in [6.45, 7) is 2.34. The average Bonchev–Trinajstić information content (AvgIpc) is 2.36. The van der Waals surface area contributed by atoms with Gasteiger partial charge in [-0.25, -0.2) is 13.1 Å². The van der Waals surface area contributed by atoms with Crippen molar-refractivity contribution in [2.75, 3.05) is 12.3 Å². The van der Waals surface area contributed by atoms with Gasteiger partial charge in [-0.3, -0.25) is 0 Å². The molecule has 1 N–H and O–H groups in total. The molecule has 18 heavy (non-hydrogen) atoms. The molecule has 0 saturated carbocycles. The summed E-state index contributed by atoms with van der Waals surface area (Å²) >= 11 is 5.98. The van der Waals surface area contributed by atoms with Gasteiger partial charge in [0.1, 0.15) is 0 Å². The van der Waals surface area contributed by atoms with Crippen molar-refractivity contribution < 1.29 is 8.42 Å². The van der Waals surface area contributed by atoms with E-state index in [0.29, 0.717) is 13.0 Å². The van der Waals surface area contributed by atoms with Crippen LogP contribution in [0.15, 0.2) is 30.3 Å². The Labute approximate surface area is 115 Å². The van der Waals surface area contributed by atoms with Crippen molar-refractivity contribution in [3.63, 3.8) is 0 Å². The van der Waals surface area contributed by atoms with E-state index in [1.165, 1.54) is 0 Å². The highest BCUT2D eigenvalue weighted by Gasteiger charge is 2.12. The zero-order chi connectivity index (χ0) is 13.4. The predicted molar refractivity (Wildman–Crippen MR) is 76.5 cm³/mol. The highest BCUT2D eigenvalue weighted by Crippen LogP contribution is 2.05. The third kappa shape index (κ3) is 6.38. The van der Waals surface area contributed by atoms with Gasteiger partial charge in [0.05, 0.1) is 5.75 Å². The Morgan fingerprint density at radius 3 is 2.56 bits per heavy atom. The third-order valence-corrected chi connectivity index (χ3v) is 4.35. The number of aryl methyl sites for hydroxylation is 1. The average molecular weight is 290 g/mol. The van der Waals surface area contributed by atoms with Gasteiger partial charge in [0.15, 0.2) is 0 Å². The van der Waals surface area contributed by atoms with Crippen LogP contribution in [0.25, 0.3) is 0 Å². The lowest BCUT2D eigenvalue weighted by atomic mass is 10.2. The zero-order valence-electron chi connectivity index (χ0n) is 10.6. The van der Waals surface area contributed by atoms with Crippen LogP contribution >= 0.6 is 11.6 Å². The molecule has 0 amide bonds. The first kappa shape index (κ1) is 15.5. The fraction of sp³-hybridized carbons (Fsp3) is 0.538. The van der Waals surface area contributed by atoms with Crippen LogP contribution in [0, 0.1) is 0 Å². The zero-order valence-corrected chi connectivity index (χ0v) is 12.2. The summed E-state index contributed by atoms with van der Waals surface area (Å²) in [5.74, 6) is 0.104. The van der Waals surface area contributed by atoms with E-state index < -0.39 is 10.0 Å². The van der Waals surface area contributed by atoms with Crippen LogP contribution < -0.4 is 4.72 Å². The maximum absolute atomic E-state index is 11.7. The van der Waals surface area contributed by atoms with Gasteiger partial charge in [-0.2, -0.15) is 0 Å². The molecule has 0 spiro atoms. The molecule has 1 aromatic carbocycles. The highest BCUT2D eigenvalue weighted by atomic mass is 35.5. The maximum atomic E-state index is 11.7. The van der Waals surface area contributed by atoms with Crippen LogP contribution in [0.5, 0.6) is 0 Å². The SMILES string of the molecule is CCCC(Cl)CNS(=O)(=O)CCc1ccccc1. The number of hydrogen-bond donors (Lipinski definition) is 1. The Morgan fingerprint density at radius 2 is 1.94 bits per heavy atom. The van der Waals surface area contributed by atoms with Gasteiger partial charge in [-0.05, 0) is 18.4 Å². The Bertz CT molecular complexity index is 434. The molecule has 0 radical (unpaired) electrons. The van der Waals surface area contributed by atoms with Crippen molar-refractivity contribution >= 4 is 21.6 Å². The summed E-state index contributed by atoms with van der Waals surface area (Å²) in [6.07, 6.45) is 2.31. The Kier molecular flexibility index (Phi) is 6.68. The molecule has 1 unspecified atom stereocenters. The summed E-state index contributed by atoms with van der Waals surface area (Å²) < 4.78 is 26.0. The number of halogens is 1. The predicted octanol–water partition coefficient (Wildman–Crippen LogP) is 2.56. The van der Waals surface area contributed by atoms with Crippen LogP contribution in [0.3, 0.4) is 0 Å². The molecule has 1 aromatic rings. The molecule has 3 nitrogen and oxygen atoms in total. The maximum Gasteiger partial charge on any atom is 0.211 e. The van der Waals surface area contributed by atoms with E-state index in [0.717, 1.165) is 18.4 Å². The summed E-state index contributed by atoms with van der Waals surface area (Å²) in [4.78, 5) is 0. The Balaban J connectivity index is 2.36. The summed E-state index contributed by atoms with van der Waals surface area (Å²) in [5, 5.41) is -0.124. The lowest BCUT2D eigenvalue weighted by molar-refractivity contribution is 0.576. The standard InChI is InChI=1S/C13H20ClNO2S/c1-2-6-13(14)11-15-18(16,17)10-9-12-7-4-3-5-8-12/h3-5,7-8,13,15H,2,6,9-11H2,1H3. The Hall–Kier alpha value is -0.580. The van der Waals surface area contributed by atoms with Crippen LogP contribution in [-0.4, -0.2) is 26.1 Å². The minimum Gasteiger partial charge on any atom is -0.214 e. The summed E-state index contributed by atoms with van der Waals surface area (Å²) in [5.41, 5.74) is 1.03. The van der Waals surface area contributed by atoms with E-state index in [-0.39, 0.29) is 11.1 Å². The second kappa shape index (κ2) is 7.77. The second-order valence-electron chi connectivity index (χ2n) is 4.29. The van der Waals surface area contributed by atoms with E-state index in [1.807, 2.05) is 37.3 Å². The van der Waals surface area contributed by atoms with Gasteiger partial charge in [0, 0.05) is 11.9 Å². The smallest absolute Gasteiger partial charge is 0.211 e. The van der Waals surface area contributed by atoms with Crippen molar-refractivity contribution in [2.24, 2.45) is 0 Å². The molecule has 1 atom stereocenters. The van der Waals surface area contributed by atoms with Crippen LogP contribution in [0.1, 0.15) is 25.3 Å². The lowest BCUT2D eigenvalue weighted by Crippen LogP contribution is -2.32. The number of alkyl halides is 1. The first-order valence-corrected chi connectivity index (χ1v) is 8.27. The number of sulfonamides is 1. The minimum absolute atomic E-state index is 0.104. The van der Waals surface area contributed by atoms with E-state index in [4.69, 9.17) is 11.6 Å². The monoisotopic (exact) mass is 289 g/mol. The fourth-order valence-electron chi connectivity index (χ4n) is 1.60. The van der Waals surface area contributed by atoms with Gasteiger partial charge in [0.2, 0.25) is 10.0 Å². The van der Waals surface area contributed by atoms with Gasteiger partial charge in [-0.15, -0.1) is 11.6 Å². The largest absolute Gasteiger partial charge is 0.214 e. The van der Waals surface area contributed by atoms with Crippen molar-refractivity contribution in [1.82, 2.24) is 4.72 Å². The molecule has 0 bridgehead atoms. The van der Waals surface area contributed by atoms with Gasteiger partial charge < -0.3 is 0 Å². The van der Waals surface area contributed by atoms with E-state index in [1.54, 1.807) is 0 Å². The normalized spacial score (nSPS) is 13.4. The number of hydrogen-bond acceptors (Lipinski definition) is 2. The lowest BCUT2D eigenvalue weighted by Gasteiger charge is -2.10. The second-order valence-corrected chi connectivity index (χ2v) is 6.83. The summed E-state index contributed by atoms with van der Waals surface area (Å²) in [6, 6.07) is 9.59. The molecule has 0 saturated heterocycles. The molecule has 0 aliphatic carbocycles. The number of rotatable bonds is 8. The fourth-order valence-corrected chi connectivity index (χ4v) is 3.09. The molecule has 0 fully saturated rings. The molecule has 0 aliphatic heterocycles. The molecule has 102 valence electrons. The van der Waals surface area contributed by atoms with Gasteiger partial charge in [-0.1, -0.05) is 43.7 Å². The van der Waals surface area contributed by atoms with Crippen molar-refractivity contribution in [3.8, 4) is 0 Å². The number of nitrogens with one attached hydrogen (secondary N) is 1. The highest BCUT2D eigenvalue weighted by molar-refractivity contribution is 7.89. The molecule has 1 rings (SSSR count). The van der Waals surface area contributed by atoms with Crippen LogP contribution in [-0.2, 0) is 16.4 Å². The minimum atomic E-state index is -3.23. The summed E-state index contributed by atoms with van der Waals surface area (Å²) in [7, 11) is -3.23. The topological polar surface area (TPSA) is 46.2 Å². The molecule has 0 aliphatic rings. The quantitative estimate of drug-likeness (QED) is 0.748. The molecule has 0 aromatic heterocycles. The van der Waals surface area contributed by atoms with E-state index >= 15 is 0 Å². The van der Waals surface area contributed by atoms with Crippen molar-refractivity contribution in [2.45, 2.75) is 31.6 Å². The van der Waals surface area contributed by atoms with E-state index in [2.05, 4.69) is 4.72 Å².